The number of aliphatic carboxylic acids is 1. The molecule has 0 aliphatic carbocycles. The summed E-state index contributed by atoms with van der Waals surface area (Å²) in [6.45, 7) is 1.46. The van der Waals surface area contributed by atoms with Gasteiger partial charge in [-0.2, -0.15) is 5.10 Å². The molecule has 1 atom stereocenters. The smallest absolute Gasteiger partial charge is 0.344 e. The molecular weight excluding hydrogens is 368 g/mol. The van der Waals surface area contributed by atoms with Crippen molar-refractivity contribution >= 4 is 29.9 Å². The van der Waals surface area contributed by atoms with Crippen LogP contribution in [0.5, 0.6) is 11.5 Å². The minimum absolute atomic E-state index is 0.220. The van der Waals surface area contributed by atoms with Gasteiger partial charge in [-0.3, -0.25) is 4.79 Å². The highest BCUT2D eigenvalue weighted by Crippen LogP contribution is 2.20. The van der Waals surface area contributed by atoms with Crippen molar-refractivity contribution in [3.05, 3.63) is 54.1 Å². The fourth-order valence-electron chi connectivity index (χ4n) is 1.92. The van der Waals surface area contributed by atoms with Crippen molar-refractivity contribution in [1.29, 1.82) is 0 Å². The number of carboxylic acid groups (broad SMARTS) is 1. The van der Waals surface area contributed by atoms with Crippen molar-refractivity contribution in [1.82, 2.24) is 5.43 Å². The third-order valence-electron chi connectivity index (χ3n) is 3.37. The standard InChI is InChI=1S/C19H20N2O5S/c1-13(19(23)24)26-16-5-3-14(4-6-16)11-20-21-18(22)12-27-17-9-7-15(25-2)8-10-17/h3-11,13H,12H2,1-2H3,(H,21,22)(H,23,24)/b20-11+/t13-/m1/s1. The predicted molar refractivity (Wildman–Crippen MR) is 104 cm³/mol. The van der Waals surface area contributed by atoms with Crippen LogP contribution in [0.15, 0.2) is 58.5 Å². The topological polar surface area (TPSA) is 97.2 Å². The molecule has 1 amide bonds. The monoisotopic (exact) mass is 388 g/mol. The van der Waals surface area contributed by atoms with E-state index < -0.39 is 12.1 Å². The molecule has 142 valence electrons. The molecule has 0 fully saturated rings. The van der Waals surface area contributed by atoms with E-state index in [1.54, 1.807) is 31.4 Å². The molecule has 0 aliphatic heterocycles. The molecule has 0 bridgehead atoms. The molecule has 0 saturated carbocycles. The van der Waals surface area contributed by atoms with Gasteiger partial charge in [-0.15, -0.1) is 11.8 Å². The maximum absolute atomic E-state index is 11.8. The second-order valence-electron chi connectivity index (χ2n) is 5.42. The number of hydrogen-bond acceptors (Lipinski definition) is 6. The van der Waals surface area contributed by atoms with Gasteiger partial charge in [0.25, 0.3) is 0 Å². The van der Waals surface area contributed by atoms with E-state index in [4.69, 9.17) is 14.6 Å². The number of methoxy groups -OCH3 is 1. The highest BCUT2D eigenvalue weighted by molar-refractivity contribution is 8.00. The number of carboxylic acids is 1. The van der Waals surface area contributed by atoms with E-state index in [-0.39, 0.29) is 11.7 Å². The highest BCUT2D eigenvalue weighted by Gasteiger charge is 2.11. The van der Waals surface area contributed by atoms with Crippen LogP contribution in [0.3, 0.4) is 0 Å². The number of hydrazone groups is 1. The molecular formula is C19H20N2O5S. The molecule has 2 aromatic carbocycles. The number of carbonyl (C=O) groups is 2. The number of benzene rings is 2. The summed E-state index contributed by atoms with van der Waals surface area (Å²) in [5, 5.41) is 12.7. The number of nitrogens with one attached hydrogen (secondary N) is 1. The van der Waals surface area contributed by atoms with Crippen LogP contribution in [0, 0.1) is 0 Å². The number of thioether (sulfide) groups is 1. The minimum atomic E-state index is -1.03. The predicted octanol–water partition coefficient (Wildman–Crippen LogP) is 2.79. The third-order valence-corrected chi connectivity index (χ3v) is 4.38. The summed E-state index contributed by atoms with van der Waals surface area (Å²) in [7, 11) is 1.60. The largest absolute Gasteiger partial charge is 0.497 e. The average molecular weight is 388 g/mol. The molecule has 2 N–H and O–H groups in total. The van der Waals surface area contributed by atoms with Gasteiger partial charge in [0.15, 0.2) is 6.10 Å². The van der Waals surface area contributed by atoms with Gasteiger partial charge in [0.2, 0.25) is 5.91 Å². The van der Waals surface area contributed by atoms with Crippen LogP contribution >= 0.6 is 11.8 Å². The van der Waals surface area contributed by atoms with Gasteiger partial charge in [0, 0.05) is 4.90 Å². The summed E-state index contributed by atoms with van der Waals surface area (Å²) in [4.78, 5) is 23.5. The van der Waals surface area contributed by atoms with Gasteiger partial charge in [0.1, 0.15) is 11.5 Å². The van der Waals surface area contributed by atoms with Gasteiger partial charge >= 0.3 is 5.97 Å². The Kier molecular flexibility index (Phi) is 7.69. The number of amides is 1. The molecule has 2 rings (SSSR count). The molecule has 27 heavy (non-hydrogen) atoms. The summed E-state index contributed by atoms with van der Waals surface area (Å²) in [5.41, 5.74) is 3.21. The maximum Gasteiger partial charge on any atom is 0.344 e. The molecule has 2 aromatic rings. The maximum atomic E-state index is 11.8. The number of ether oxygens (including phenoxy) is 2. The van der Waals surface area contributed by atoms with Crippen molar-refractivity contribution in [2.24, 2.45) is 5.10 Å². The van der Waals surface area contributed by atoms with Gasteiger partial charge < -0.3 is 14.6 Å². The summed E-state index contributed by atoms with van der Waals surface area (Å²) in [6.07, 6.45) is 0.576. The Bertz CT molecular complexity index is 791. The van der Waals surface area contributed by atoms with Crippen LogP contribution in [0.2, 0.25) is 0 Å². The summed E-state index contributed by atoms with van der Waals surface area (Å²) in [6, 6.07) is 14.2. The lowest BCUT2D eigenvalue weighted by Crippen LogP contribution is -2.22. The first kappa shape index (κ1) is 20.3. The zero-order chi connectivity index (χ0) is 19.6. The lowest BCUT2D eigenvalue weighted by Gasteiger charge is -2.09. The molecule has 0 aliphatic rings. The third kappa shape index (κ3) is 7.02. The van der Waals surface area contributed by atoms with E-state index in [1.807, 2.05) is 24.3 Å². The minimum Gasteiger partial charge on any atom is -0.497 e. The number of hydrogen-bond donors (Lipinski definition) is 2. The second kappa shape index (κ2) is 10.2. The Balaban J connectivity index is 1.76. The fourth-order valence-corrected chi connectivity index (χ4v) is 2.61. The number of rotatable bonds is 9. The van der Waals surface area contributed by atoms with E-state index in [1.165, 1.54) is 24.9 Å². The summed E-state index contributed by atoms with van der Waals surface area (Å²) < 4.78 is 10.3. The summed E-state index contributed by atoms with van der Waals surface area (Å²) >= 11 is 1.40. The van der Waals surface area contributed by atoms with Crippen molar-refractivity contribution in [2.75, 3.05) is 12.9 Å². The SMILES string of the molecule is COc1ccc(SCC(=O)N/N=C/c2ccc(O[C@H](C)C(=O)O)cc2)cc1. The summed E-state index contributed by atoms with van der Waals surface area (Å²) in [5.74, 6) is 0.200. The van der Waals surface area contributed by atoms with E-state index in [2.05, 4.69) is 10.5 Å². The van der Waals surface area contributed by atoms with Crippen LogP contribution in [0.1, 0.15) is 12.5 Å². The Morgan fingerprint density at radius 1 is 1.15 bits per heavy atom. The van der Waals surface area contributed by atoms with Crippen LogP contribution < -0.4 is 14.9 Å². The van der Waals surface area contributed by atoms with Crippen LogP contribution in [0.4, 0.5) is 0 Å². The zero-order valence-corrected chi connectivity index (χ0v) is 15.7. The molecule has 7 nitrogen and oxygen atoms in total. The Morgan fingerprint density at radius 3 is 2.37 bits per heavy atom. The van der Waals surface area contributed by atoms with Crippen molar-refractivity contribution < 1.29 is 24.2 Å². The Morgan fingerprint density at radius 2 is 1.78 bits per heavy atom. The molecule has 0 spiro atoms. The van der Waals surface area contributed by atoms with E-state index in [0.717, 1.165) is 16.2 Å². The normalized spacial score (nSPS) is 11.8. The van der Waals surface area contributed by atoms with Gasteiger partial charge in [-0.25, -0.2) is 10.2 Å². The van der Waals surface area contributed by atoms with Crippen LogP contribution in [-0.4, -0.2) is 42.2 Å². The van der Waals surface area contributed by atoms with Crippen LogP contribution in [-0.2, 0) is 9.59 Å². The number of nitrogens with zero attached hydrogens (tertiary/aromatic N) is 1. The van der Waals surface area contributed by atoms with Gasteiger partial charge in [-0.05, 0) is 61.0 Å². The molecule has 0 radical (unpaired) electrons. The molecule has 0 heterocycles. The fraction of sp³-hybridized carbons (Fsp3) is 0.211. The first-order chi connectivity index (χ1) is 13.0. The van der Waals surface area contributed by atoms with Gasteiger partial charge in [-0.1, -0.05) is 0 Å². The van der Waals surface area contributed by atoms with Crippen LogP contribution in [0.25, 0.3) is 0 Å². The average Bonchev–Trinajstić information content (AvgIpc) is 2.68. The Labute approximate surface area is 161 Å². The quantitative estimate of drug-likeness (QED) is 0.389. The van der Waals surface area contributed by atoms with E-state index >= 15 is 0 Å². The highest BCUT2D eigenvalue weighted by atomic mass is 32.2. The molecule has 8 heteroatoms. The first-order valence-electron chi connectivity index (χ1n) is 8.06. The first-order valence-corrected chi connectivity index (χ1v) is 9.05. The zero-order valence-electron chi connectivity index (χ0n) is 14.9. The van der Waals surface area contributed by atoms with Gasteiger partial charge in [0.05, 0.1) is 19.1 Å². The molecule has 0 saturated heterocycles. The van der Waals surface area contributed by atoms with Crippen molar-refractivity contribution in [3.63, 3.8) is 0 Å². The lowest BCUT2D eigenvalue weighted by molar-refractivity contribution is -0.144. The van der Waals surface area contributed by atoms with Crippen molar-refractivity contribution in [2.45, 2.75) is 17.9 Å². The lowest BCUT2D eigenvalue weighted by atomic mass is 10.2. The molecule has 0 unspecified atom stereocenters. The molecule has 0 aromatic heterocycles. The Hall–Kier alpha value is -3.00. The second-order valence-corrected chi connectivity index (χ2v) is 6.47. The van der Waals surface area contributed by atoms with Crippen molar-refractivity contribution in [3.8, 4) is 11.5 Å². The van der Waals surface area contributed by atoms with E-state index in [0.29, 0.717) is 5.75 Å². The van der Waals surface area contributed by atoms with E-state index in [9.17, 15) is 9.59 Å². The number of carbonyl (C=O) groups excluding carboxylic acids is 1.